The number of hydrogen-bond acceptors (Lipinski definition) is 3. The minimum absolute atomic E-state index is 0.0672. The topological polar surface area (TPSA) is 47.4 Å². The summed E-state index contributed by atoms with van der Waals surface area (Å²) in [5, 5.41) is 0. The molecule has 1 atom stereocenters. The van der Waals surface area contributed by atoms with Gasteiger partial charge in [-0.1, -0.05) is 0 Å². The molecule has 3 rings (SSSR count). The van der Waals surface area contributed by atoms with Crippen molar-refractivity contribution in [1.29, 1.82) is 0 Å². The van der Waals surface area contributed by atoms with Crippen molar-refractivity contribution in [3.8, 4) is 0 Å². The van der Waals surface area contributed by atoms with Crippen molar-refractivity contribution in [3.63, 3.8) is 0 Å². The van der Waals surface area contributed by atoms with E-state index in [2.05, 4.69) is 28.7 Å². The van der Waals surface area contributed by atoms with Crippen LogP contribution in [0.1, 0.15) is 44.2 Å². The van der Waals surface area contributed by atoms with Crippen molar-refractivity contribution in [2.24, 2.45) is 0 Å². The van der Waals surface area contributed by atoms with Crippen molar-refractivity contribution < 1.29 is 9.53 Å². The van der Waals surface area contributed by atoms with Crippen molar-refractivity contribution in [2.45, 2.75) is 51.2 Å². The number of methoxy groups -OCH3 is 1. The van der Waals surface area contributed by atoms with Crippen LogP contribution in [0.5, 0.6) is 0 Å². The molecule has 1 saturated carbocycles. The van der Waals surface area contributed by atoms with E-state index in [-0.39, 0.29) is 6.04 Å². The van der Waals surface area contributed by atoms with Crippen LogP contribution >= 0.6 is 0 Å². The van der Waals surface area contributed by atoms with E-state index in [0.29, 0.717) is 6.04 Å². The van der Waals surface area contributed by atoms with Gasteiger partial charge in [0.1, 0.15) is 0 Å². The Labute approximate surface area is 137 Å². The summed E-state index contributed by atoms with van der Waals surface area (Å²) in [6.07, 6.45) is 9.35. The van der Waals surface area contributed by atoms with Gasteiger partial charge in [-0.05, 0) is 44.7 Å². The third kappa shape index (κ3) is 3.39. The molecule has 0 spiro atoms. The van der Waals surface area contributed by atoms with Crippen LogP contribution in [-0.2, 0) is 16.1 Å². The minimum atomic E-state index is 0.0672. The second-order valence-corrected chi connectivity index (χ2v) is 6.31. The van der Waals surface area contributed by atoms with Gasteiger partial charge >= 0.3 is 0 Å². The van der Waals surface area contributed by atoms with E-state index in [1.807, 2.05) is 17.2 Å². The van der Waals surface area contributed by atoms with Gasteiger partial charge in [0.15, 0.2) is 0 Å². The van der Waals surface area contributed by atoms with E-state index in [9.17, 15) is 4.79 Å². The molecule has 0 aliphatic heterocycles. The molecule has 0 radical (unpaired) electrons. The predicted octanol–water partition coefficient (Wildman–Crippen LogP) is 3.14. The zero-order valence-electron chi connectivity index (χ0n) is 13.9. The van der Waals surface area contributed by atoms with Gasteiger partial charge in [-0.2, -0.15) is 0 Å². The Morgan fingerprint density at radius 1 is 1.48 bits per heavy atom. The summed E-state index contributed by atoms with van der Waals surface area (Å²) < 4.78 is 7.39. The molecule has 2 heterocycles. The van der Waals surface area contributed by atoms with E-state index in [1.165, 1.54) is 0 Å². The molecule has 5 nitrogen and oxygen atoms in total. The molecular formula is C18H25N3O2. The molecule has 2 aromatic rings. The lowest BCUT2D eigenvalue weighted by Crippen LogP contribution is -2.27. The third-order valence-electron chi connectivity index (χ3n) is 4.65. The van der Waals surface area contributed by atoms with Crippen LogP contribution in [0.4, 0.5) is 0 Å². The van der Waals surface area contributed by atoms with E-state index in [1.54, 1.807) is 7.11 Å². The SMILES string of the molecule is COCCCCn1cc(C(C)N(C=O)C2CC2)c2ncccc21. The number of fused-ring (bicyclic) bond motifs is 1. The summed E-state index contributed by atoms with van der Waals surface area (Å²) in [4.78, 5) is 18.0. The van der Waals surface area contributed by atoms with Gasteiger partial charge in [-0.25, -0.2) is 0 Å². The van der Waals surface area contributed by atoms with E-state index in [4.69, 9.17) is 4.74 Å². The Morgan fingerprint density at radius 3 is 3.00 bits per heavy atom. The molecule has 2 aromatic heterocycles. The fraction of sp³-hybridized carbons (Fsp3) is 0.556. The second-order valence-electron chi connectivity index (χ2n) is 6.31. The lowest BCUT2D eigenvalue weighted by atomic mass is 10.1. The first-order chi connectivity index (χ1) is 11.3. The average Bonchev–Trinajstić information content (AvgIpc) is 3.34. The molecule has 0 bridgehead atoms. The highest BCUT2D eigenvalue weighted by atomic mass is 16.5. The van der Waals surface area contributed by atoms with Gasteiger partial charge < -0.3 is 14.2 Å². The first kappa shape index (κ1) is 16.0. The number of aromatic nitrogens is 2. The standard InChI is InChI=1S/C18H25N3O2/c1-14(21(13-22)15-7-8-15)16-12-20(10-3-4-11-23-2)17-6-5-9-19-18(16)17/h5-6,9,12-15H,3-4,7-8,10-11H2,1-2H3. The zero-order valence-corrected chi connectivity index (χ0v) is 13.9. The van der Waals surface area contributed by atoms with Crippen LogP contribution in [-0.4, -0.2) is 40.6 Å². The number of hydrogen-bond donors (Lipinski definition) is 0. The van der Waals surface area contributed by atoms with Crippen LogP contribution in [0, 0.1) is 0 Å². The number of nitrogens with zero attached hydrogens (tertiary/aromatic N) is 3. The van der Waals surface area contributed by atoms with Crippen LogP contribution in [0.3, 0.4) is 0 Å². The monoisotopic (exact) mass is 315 g/mol. The highest BCUT2D eigenvalue weighted by Crippen LogP contribution is 2.35. The number of aryl methyl sites for hydroxylation is 1. The molecule has 0 aromatic carbocycles. The summed E-state index contributed by atoms with van der Waals surface area (Å²) in [5.41, 5.74) is 3.30. The molecule has 1 aliphatic rings. The Bertz CT molecular complexity index is 663. The molecule has 0 saturated heterocycles. The van der Waals surface area contributed by atoms with E-state index < -0.39 is 0 Å². The number of ether oxygens (including phenoxy) is 1. The Balaban J connectivity index is 1.86. The van der Waals surface area contributed by atoms with Crippen molar-refractivity contribution in [2.75, 3.05) is 13.7 Å². The molecule has 0 N–H and O–H groups in total. The van der Waals surface area contributed by atoms with Crippen molar-refractivity contribution >= 4 is 17.4 Å². The van der Waals surface area contributed by atoms with Gasteiger partial charge in [-0.15, -0.1) is 0 Å². The number of rotatable bonds is 9. The van der Waals surface area contributed by atoms with Gasteiger partial charge in [-0.3, -0.25) is 9.78 Å². The zero-order chi connectivity index (χ0) is 16.2. The van der Waals surface area contributed by atoms with Crippen LogP contribution in [0.15, 0.2) is 24.5 Å². The second kappa shape index (κ2) is 7.13. The fourth-order valence-electron chi connectivity index (χ4n) is 3.20. The predicted molar refractivity (Wildman–Crippen MR) is 90.2 cm³/mol. The first-order valence-electron chi connectivity index (χ1n) is 8.41. The molecule has 23 heavy (non-hydrogen) atoms. The molecular weight excluding hydrogens is 290 g/mol. The molecule has 1 unspecified atom stereocenters. The van der Waals surface area contributed by atoms with Crippen molar-refractivity contribution in [3.05, 3.63) is 30.1 Å². The lowest BCUT2D eigenvalue weighted by Gasteiger charge is -2.24. The lowest BCUT2D eigenvalue weighted by molar-refractivity contribution is -0.120. The average molecular weight is 315 g/mol. The molecule has 1 fully saturated rings. The highest BCUT2D eigenvalue weighted by molar-refractivity contribution is 5.80. The van der Waals surface area contributed by atoms with Crippen LogP contribution < -0.4 is 0 Å². The largest absolute Gasteiger partial charge is 0.385 e. The van der Waals surface area contributed by atoms with Crippen LogP contribution in [0.25, 0.3) is 11.0 Å². The third-order valence-corrected chi connectivity index (χ3v) is 4.65. The van der Waals surface area contributed by atoms with E-state index >= 15 is 0 Å². The Kier molecular flexibility index (Phi) is 4.96. The normalized spacial score (nSPS) is 15.7. The summed E-state index contributed by atoms with van der Waals surface area (Å²) in [6.45, 7) is 3.84. The molecule has 124 valence electrons. The number of carbonyl (C=O) groups is 1. The molecule has 1 aliphatic carbocycles. The molecule has 1 amide bonds. The van der Waals surface area contributed by atoms with Gasteiger partial charge in [0.25, 0.3) is 0 Å². The highest BCUT2D eigenvalue weighted by Gasteiger charge is 2.33. The summed E-state index contributed by atoms with van der Waals surface area (Å²) in [6, 6.07) is 4.56. The maximum atomic E-state index is 11.5. The minimum Gasteiger partial charge on any atom is -0.385 e. The summed E-state index contributed by atoms with van der Waals surface area (Å²) in [7, 11) is 1.74. The van der Waals surface area contributed by atoms with Gasteiger partial charge in [0.2, 0.25) is 6.41 Å². The number of amides is 1. The maximum absolute atomic E-state index is 11.5. The van der Waals surface area contributed by atoms with Crippen LogP contribution in [0.2, 0.25) is 0 Å². The van der Waals surface area contributed by atoms with Gasteiger partial charge in [0, 0.05) is 44.3 Å². The number of pyridine rings is 1. The van der Waals surface area contributed by atoms with Gasteiger partial charge in [0.05, 0.1) is 17.1 Å². The quantitative estimate of drug-likeness (QED) is 0.527. The Morgan fingerprint density at radius 2 is 2.30 bits per heavy atom. The number of carbonyl (C=O) groups excluding carboxylic acids is 1. The molecule has 5 heteroatoms. The Hall–Kier alpha value is -1.88. The van der Waals surface area contributed by atoms with Crippen molar-refractivity contribution in [1.82, 2.24) is 14.5 Å². The number of unbranched alkanes of at least 4 members (excludes halogenated alkanes) is 1. The van der Waals surface area contributed by atoms with E-state index in [0.717, 1.165) is 61.8 Å². The smallest absolute Gasteiger partial charge is 0.210 e. The fourth-order valence-corrected chi connectivity index (χ4v) is 3.20. The maximum Gasteiger partial charge on any atom is 0.210 e. The first-order valence-corrected chi connectivity index (χ1v) is 8.41. The summed E-state index contributed by atoms with van der Waals surface area (Å²) in [5.74, 6) is 0. The summed E-state index contributed by atoms with van der Waals surface area (Å²) >= 11 is 0.